The smallest absolute Gasteiger partial charge is 0.243 e. The topological polar surface area (TPSA) is 109 Å². The lowest BCUT2D eigenvalue weighted by molar-refractivity contribution is 0.189. The number of nitrogens with two attached hydrogens (primary N) is 1. The van der Waals surface area contributed by atoms with E-state index in [1.807, 2.05) is 12.1 Å². The van der Waals surface area contributed by atoms with Crippen molar-refractivity contribution in [2.24, 2.45) is 10.7 Å². The molecule has 0 unspecified atom stereocenters. The number of fused-ring (bicyclic) bond motifs is 1. The summed E-state index contributed by atoms with van der Waals surface area (Å²) < 4.78 is 26.6. The van der Waals surface area contributed by atoms with Crippen molar-refractivity contribution in [3.8, 4) is 11.3 Å². The van der Waals surface area contributed by atoms with Gasteiger partial charge in [0.2, 0.25) is 10.0 Å². The molecule has 1 atom stereocenters. The summed E-state index contributed by atoms with van der Waals surface area (Å²) in [5.74, 6) is 0.393. The van der Waals surface area contributed by atoms with Gasteiger partial charge < -0.3 is 10.8 Å². The Labute approximate surface area is 156 Å². The summed E-state index contributed by atoms with van der Waals surface area (Å²) in [4.78, 5) is 8.76. The first-order valence-electron chi connectivity index (χ1n) is 8.14. The second-order valence-corrected chi connectivity index (χ2v) is 8.70. The molecule has 4 rings (SSSR count). The number of hydrogen-bond donors (Lipinski definition) is 2. The number of β-amino-alcohol motifs (C(OH)–C–C–N with tert-alkyl or cyclic N) is 1. The summed E-state index contributed by atoms with van der Waals surface area (Å²) in [6.45, 7) is 0.918. The molecule has 2 aromatic rings. The first kappa shape index (κ1) is 17.4. The third-order valence-electron chi connectivity index (χ3n) is 4.62. The Bertz CT molecular complexity index is 1020. The number of amidine groups is 1. The molecule has 9 heteroatoms. The molecule has 0 radical (unpaired) electrons. The fourth-order valence-corrected chi connectivity index (χ4v) is 5.04. The van der Waals surface area contributed by atoms with Crippen LogP contribution in [0, 0.1) is 0 Å². The van der Waals surface area contributed by atoms with Gasteiger partial charge in [-0.1, -0.05) is 17.7 Å². The second-order valence-electron chi connectivity index (χ2n) is 6.35. The van der Waals surface area contributed by atoms with Crippen LogP contribution >= 0.6 is 11.6 Å². The molecule has 0 spiro atoms. The van der Waals surface area contributed by atoms with Crippen LogP contribution in [-0.2, 0) is 16.6 Å². The molecule has 3 N–H and O–H groups in total. The number of aromatic nitrogens is 1. The van der Waals surface area contributed by atoms with Crippen LogP contribution in [-0.4, -0.2) is 47.8 Å². The molecule has 2 aliphatic heterocycles. The van der Waals surface area contributed by atoms with Gasteiger partial charge in [-0.15, -0.1) is 0 Å². The molecule has 3 heterocycles. The van der Waals surface area contributed by atoms with E-state index in [0.717, 1.165) is 5.56 Å². The maximum atomic E-state index is 12.7. The average Bonchev–Trinajstić information content (AvgIpc) is 3.21. The van der Waals surface area contributed by atoms with E-state index in [0.29, 0.717) is 42.3 Å². The van der Waals surface area contributed by atoms with Gasteiger partial charge >= 0.3 is 0 Å². The first-order valence-corrected chi connectivity index (χ1v) is 9.96. The van der Waals surface area contributed by atoms with Crippen LogP contribution in [0.1, 0.15) is 17.7 Å². The molecule has 0 saturated carbocycles. The number of aliphatic hydroxyl groups is 1. The van der Waals surface area contributed by atoms with E-state index >= 15 is 0 Å². The molecule has 1 saturated heterocycles. The van der Waals surface area contributed by atoms with Crippen LogP contribution in [0.4, 0.5) is 0 Å². The van der Waals surface area contributed by atoms with Gasteiger partial charge in [-0.25, -0.2) is 13.4 Å². The zero-order chi connectivity index (χ0) is 18.5. The van der Waals surface area contributed by atoms with E-state index in [1.165, 1.54) is 16.4 Å². The molecule has 1 aromatic carbocycles. The number of benzene rings is 1. The van der Waals surface area contributed by atoms with Crippen molar-refractivity contribution in [2.75, 3.05) is 13.1 Å². The highest BCUT2D eigenvalue weighted by atomic mass is 35.5. The Morgan fingerprint density at radius 2 is 2.08 bits per heavy atom. The Morgan fingerprint density at radius 3 is 2.77 bits per heavy atom. The highest BCUT2D eigenvalue weighted by molar-refractivity contribution is 7.89. The minimum absolute atomic E-state index is 0.0996. The maximum Gasteiger partial charge on any atom is 0.243 e. The van der Waals surface area contributed by atoms with Crippen molar-refractivity contribution in [1.29, 1.82) is 0 Å². The quantitative estimate of drug-likeness (QED) is 0.820. The van der Waals surface area contributed by atoms with E-state index in [-0.39, 0.29) is 16.5 Å². The fraction of sp³-hybridized carbons (Fsp3) is 0.294. The molecular formula is C17H17ClN4O3S. The van der Waals surface area contributed by atoms with Crippen molar-refractivity contribution in [2.45, 2.75) is 24.0 Å². The molecule has 136 valence electrons. The van der Waals surface area contributed by atoms with Gasteiger partial charge in [-0.05, 0) is 30.7 Å². The van der Waals surface area contributed by atoms with Gasteiger partial charge in [0.25, 0.3) is 0 Å². The van der Waals surface area contributed by atoms with Crippen LogP contribution in [0.25, 0.3) is 11.3 Å². The summed E-state index contributed by atoms with van der Waals surface area (Å²) >= 11 is 6.36. The predicted molar refractivity (Wildman–Crippen MR) is 98.5 cm³/mol. The zero-order valence-electron chi connectivity index (χ0n) is 13.8. The molecule has 2 aliphatic rings. The lowest BCUT2D eigenvalue weighted by Crippen LogP contribution is -2.29. The minimum atomic E-state index is -3.68. The fourth-order valence-electron chi connectivity index (χ4n) is 3.17. The Balaban J connectivity index is 1.69. The molecule has 0 aliphatic carbocycles. The standard InChI is InChI=1S/C17H17ClN4O3S/c18-14-7-12(26(24,25)22-6-5-11(23)9-22)2-3-13(14)15-4-1-10-8-20-17(19)16(10)21-15/h1-4,7,11,23H,5-6,8-9H2,(H2,19,20)/t11-/m1/s1. The van der Waals surface area contributed by atoms with Crippen LogP contribution in [0.2, 0.25) is 5.02 Å². The molecule has 26 heavy (non-hydrogen) atoms. The maximum absolute atomic E-state index is 12.7. The summed E-state index contributed by atoms with van der Waals surface area (Å²) in [6.07, 6.45) is -0.185. The Morgan fingerprint density at radius 1 is 1.27 bits per heavy atom. The number of nitrogens with zero attached hydrogens (tertiary/aromatic N) is 3. The van der Waals surface area contributed by atoms with Crippen LogP contribution in [0.3, 0.4) is 0 Å². The van der Waals surface area contributed by atoms with Crippen molar-refractivity contribution in [3.63, 3.8) is 0 Å². The zero-order valence-corrected chi connectivity index (χ0v) is 15.3. The Kier molecular flexibility index (Phi) is 4.23. The SMILES string of the molecule is NC1=NCc2ccc(-c3ccc(S(=O)(=O)N4CC[C@@H](O)C4)cc3Cl)nc21. The van der Waals surface area contributed by atoms with Gasteiger partial charge in [-0.3, -0.25) is 4.99 Å². The molecule has 7 nitrogen and oxygen atoms in total. The largest absolute Gasteiger partial charge is 0.392 e. The van der Waals surface area contributed by atoms with E-state index < -0.39 is 16.1 Å². The summed E-state index contributed by atoms with van der Waals surface area (Å²) in [6, 6.07) is 8.28. The van der Waals surface area contributed by atoms with Crippen LogP contribution in [0.5, 0.6) is 0 Å². The summed E-state index contributed by atoms with van der Waals surface area (Å²) in [7, 11) is -3.68. The lowest BCUT2D eigenvalue weighted by atomic mass is 10.1. The number of pyridine rings is 1. The number of halogens is 1. The molecular weight excluding hydrogens is 376 g/mol. The normalized spacial score (nSPS) is 20.2. The predicted octanol–water partition coefficient (Wildman–Crippen LogP) is 1.38. The van der Waals surface area contributed by atoms with Crippen LogP contribution < -0.4 is 5.73 Å². The highest BCUT2D eigenvalue weighted by Crippen LogP contribution is 2.32. The molecule has 0 amide bonds. The van der Waals surface area contributed by atoms with Crippen molar-refractivity contribution in [3.05, 3.63) is 46.6 Å². The number of aliphatic imine (C=N–C) groups is 1. The highest BCUT2D eigenvalue weighted by Gasteiger charge is 2.32. The monoisotopic (exact) mass is 392 g/mol. The second kappa shape index (κ2) is 6.31. The molecule has 1 aromatic heterocycles. The van der Waals surface area contributed by atoms with E-state index in [9.17, 15) is 13.5 Å². The van der Waals surface area contributed by atoms with Gasteiger partial charge in [-0.2, -0.15) is 4.31 Å². The minimum Gasteiger partial charge on any atom is -0.392 e. The number of rotatable bonds is 3. The Hall–Kier alpha value is -2.00. The van der Waals surface area contributed by atoms with Crippen molar-refractivity contribution >= 4 is 27.5 Å². The summed E-state index contributed by atoms with van der Waals surface area (Å²) in [5, 5.41) is 9.88. The third kappa shape index (κ3) is 2.88. The number of sulfonamides is 1. The average molecular weight is 393 g/mol. The first-order chi connectivity index (χ1) is 12.4. The van der Waals surface area contributed by atoms with Gasteiger partial charge in [0.15, 0.2) is 0 Å². The number of hydrogen-bond acceptors (Lipinski definition) is 6. The third-order valence-corrected chi connectivity index (χ3v) is 6.80. The molecule has 1 fully saturated rings. The van der Waals surface area contributed by atoms with E-state index in [4.69, 9.17) is 17.3 Å². The van der Waals surface area contributed by atoms with Crippen LogP contribution in [0.15, 0.2) is 40.2 Å². The van der Waals surface area contributed by atoms with E-state index in [1.54, 1.807) is 6.07 Å². The number of aliphatic hydroxyl groups excluding tert-OH is 1. The lowest BCUT2D eigenvalue weighted by Gasteiger charge is -2.16. The summed E-state index contributed by atoms with van der Waals surface area (Å²) in [5.41, 5.74) is 8.66. The van der Waals surface area contributed by atoms with Gasteiger partial charge in [0, 0.05) is 24.2 Å². The molecule has 0 bridgehead atoms. The van der Waals surface area contributed by atoms with Gasteiger partial charge in [0.1, 0.15) is 11.5 Å². The van der Waals surface area contributed by atoms with Crippen molar-refractivity contribution < 1.29 is 13.5 Å². The van der Waals surface area contributed by atoms with E-state index in [2.05, 4.69) is 9.98 Å². The van der Waals surface area contributed by atoms with Gasteiger partial charge in [0.05, 0.1) is 28.3 Å². The van der Waals surface area contributed by atoms with Crippen molar-refractivity contribution in [1.82, 2.24) is 9.29 Å².